The molecule has 7 nitrogen and oxygen atoms in total. The predicted molar refractivity (Wildman–Crippen MR) is 139 cm³/mol. The van der Waals surface area contributed by atoms with Crippen molar-refractivity contribution in [1.82, 2.24) is 9.38 Å². The van der Waals surface area contributed by atoms with E-state index in [4.69, 9.17) is 27.9 Å². The molecule has 35 heavy (non-hydrogen) atoms. The lowest BCUT2D eigenvalue weighted by atomic mass is 10.1. The number of fused-ring (bicyclic) bond motifs is 3. The zero-order chi connectivity index (χ0) is 24.9. The van der Waals surface area contributed by atoms with Gasteiger partial charge in [0.15, 0.2) is 4.96 Å². The summed E-state index contributed by atoms with van der Waals surface area (Å²) in [6, 6.07) is 13.3. The van der Waals surface area contributed by atoms with Crippen molar-refractivity contribution in [2.24, 2.45) is 0 Å². The highest BCUT2D eigenvalue weighted by Gasteiger charge is 2.16. The Hall–Kier alpha value is -3.46. The number of hydrogen-bond acceptors (Lipinski definition) is 6. The van der Waals surface area contributed by atoms with E-state index in [1.807, 2.05) is 26.0 Å². The Morgan fingerprint density at radius 1 is 1.14 bits per heavy atom. The summed E-state index contributed by atoms with van der Waals surface area (Å²) in [4.78, 5) is 29.4. The number of hydrogen-bond donors (Lipinski definition) is 0. The van der Waals surface area contributed by atoms with Gasteiger partial charge in [-0.1, -0.05) is 46.7 Å². The van der Waals surface area contributed by atoms with Crippen LogP contribution in [0.2, 0.25) is 10.0 Å². The molecular formula is C25H17Cl2N3O4S. The minimum atomic E-state index is -0.490. The SMILES string of the molecule is Cc1cc(C)c2nc3s/c(=C/c4cc([N+](=O)[O-])ccc4OCc4ccc(Cl)cc4Cl)c(=O)n3c2c1. The van der Waals surface area contributed by atoms with Crippen molar-refractivity contribution in [2.45, 2.75) is 20.5 Å². The number of rotatable bonds is 5. The maximum atomic E-state index is 13.3. The molecule has 0 aliphatic rings. The van der Waals surface area contributed by atoms with Gasteiger partial charge in [0.05, 0.1) is 20.5 Å². The van der Waals surface area contributed by atoms with Gasteiger partial charge < -0.3 is 4.74 Å². The number of nitrogens with zero attached hydrogens (tertiary/aromatic N) is 3. The molecule has 3 aromatic carbocycles. The first-order chi connectivity index (χ1) is 16.7. The largest absolute Gasteiger partial charge is 0.488 e. The summed E-state index contributed by atoms with van der Waals surface area (Å²) in [5, 5.41) is 12.4. The van der Waals surface area contributed by atoms with Crippen LogP contribution in [0.3, 0.4) is 0 Å². The Morgan fingerprint density at radius 2 is 1.94 bits per heavy atom. The Labute approximate surface area is 213 Å². The smallest absolute Gasteiger partial charge is 0.274 e. The molecule has 0 atom stereocenters. The first kappa shape index (κ1) is 23.3. The second-order valence-corrected chi connectivity index (χ2v) is 9.95. The lowest BCUT2D eigenvalue weighted by Crippen LogP contribution is -2.22. The molecule has 176 valence electrons. The summed E-state index contributed by atoms with van der Waals surface area (Å²) >= 11 is 13.4. The number of nitro benzene ring substituents is 1. The molecular weight excluding hydrogens is 509 g/mol. The van der Waals surface area contributed by atoms with Crippen molar-refractivity contribution < 1.29 is 9.66 Å². The van der Waals surface area contributed by atoms with E-state index in [0.29, 0.717) is 36.4 Å². The lowest BCUT2D eigenvalue weighted by Gasteiger charge is -2.10. The Morgan fingerprint density at radius 3 is 2.69 bits per heavy atom. The van der Waals surface area contributed by atoms with Crippen molar-refractivity contribution in [3.8, 4) is 5.75 Å². The summed E-state index contributed by atoms with van der Waals surface area (Å²) < 4.78 is 7.92. The molecule has 0 aliphatic carbocycles. The van der Waals surface area contributed by atoms with E-state index < -0.39 is 4.92 Å². The molecule has 0 N–H and O–H groups in total. The molecule has 0 unspecified atom stereocenters. The van der Waals surface area contributed by atoms with Gasteiger partial charge in [-0.15, -0.1) is 0 Å². The average Bonchev–Trinajstić information content (AvgIpc) is 3.30. The molecule has 0 bridgehead atoms. The topological polar surface area (TPSA) is 86.7 Å². The summed E-state index contributed by atoms with van der Waals surface area (Å²) in [6.45, 7) is 4.05. The molecule has 0 aliphatic heterocycles. The van der Waals surface area contributed by atoms with E-state index in [9.17, 15) is 14.9 Å². The van der Waals surface area contributed by atoms with Gasteiger partial charge in [-0.05, 0) is 55.3 Å². The van der Waals surface area contributed by atoms with Crippen LogP contribution in [0.15, 0.2) is 53.3 Å². The highest BCUT2D eigenvalue weighted by atomic mass is 35.5. The summed E-state index contributed by atoms with van der Waals surface area (Å²) in [5.41, 5.74) is 4.31. The third-order valence-corrected chi connectivity index (χ3v) is 7.12. The summed E-state index contributed by atoms with van der Waals surface area (Å²) in [5.74, 6) is 0.378. The second kappa shape index (κ2) is 8.96. The quantitative estimate of drug-likeness (QED) is 0.211. The molecule has 5 rings (SSSR count). The van der Waals surface area contributed by atoms with E-state index in [1.54, 1.807) is 28.7 Å². The molecule has 2 aromatic heterocycles. The van der Waals surface area contributed by atoms with Crippen molar-refractivity contribution >= 4 is 62.3 Å². The lowest BCUT2D eigenvalue weighted by molar-refractivity contribution is -0.384. The first-order valence-corrected chi connectivity index (χ1v) is 12.1. The maximum Gasteiger partial charge on any atom is 0.274 e. The van der Waals surface area contributed by atoms with Gasteiger partial charge in [0.2, 0.25) is 0 Å². The normalized spacial score (nSPS) is 12.1. The van der Waals surface area contributed by atoms with Gasteiger partial charge >= 0.3 is 0 Å². The van der Waals surface area contributed by atoms with Crippen LogP contribution in [0, 0.1) is 24.0 Å². The van der Waals surface area contributed by atoms with E-state index in [0.717, 1.165) is 22.2 Å². The van der Waals surface area contributed by atoms with Crippen LogP contribution in [-0.2, 0) is 6.61 Å². The van der Waals surface area contributed by atoms with Crippen LogP contribution in [-0.4, -0.2) is 14.3 Å². The number of benzene rings is 3. The van der Waals surface area contributed by atoms with Gasteiger partial charge in [0, 0.05) is 33.3 Å². The van der Waals surface area contributed by atoms with Crippen molar-refractivity contribution in [3.05, 3.63) is 106 Å². The number of thiazole rings is 1. The Balaban J connectivity index is 1.62. The fourth-order valence-corrected chi connectivity index (χ4v) is 5.37. The first-order valence-electron chi connectivity index (χ1n) is 10.5. The van der Waals surface area contributed by atoms with Crippen molar-refractivity contribution in [3.63, 3.8) is 0 Å². The molecule has 0 fully saturated rings. The highest BCUT2D eigenvalue weighted by molar-refractivity contribution is 7.15. The summed E-state index contributed by atoms with van der Waals surface area (Å²) in [7, 11) is 0. The predicted octanol–water partition coefficient (Wildman–Crippen LogP) is 5.87. The van der Waals surface area contributed by atoms with Crippen LogP contribution in [0.25, 0.3) is 22.1 Å². The standard InChI is InChI=1S/C25H17Cl2N3O4S/c1-13-7-14(2)23-20(8-13)29-24(31)22(35-25(29)28-23)10-16-9-18(30(32)33)5-6-21(16)34-12-15-3-4-17(26)11-19(15)27/h3-11H,12H2,1-2H3/b22-10+. The molecule has 0 saturated carbocycles. The third-order valence-electron chi connectivity index (χ3n) is 5.57. The third kappa shape index (κ3) is 4.36. The van der Waals surface area contributed by atoms with E-state index >= 15 is 0 Å². The van der Waals surface area contributed by atoms with Gasteiger partial charge in [0.25, 0.3) is 11.2 Å². The number of aryl methyl sites for hydroxylation is 2. The zero-order valence-electron chi connectivity index (χ0n) is 18.5. The van der Waals surface area contributed by atoms with Gasteiger partial charge in [-0.25, -0.2) is 9.38 Å². The number of aromatic nitrogens is 2. The average molecular weight is 526 g/mol. The minimum absolute atomic E-state index is 0.112. The van der Waals surface area contributed by atoms with Crippen LogP contribution in [0.4, 0.5) is 5.69 Å². The number of nitro groups is 1. The Kier molecular flexibility index (Phi) is 5.96. The van der Waals surface area contributed by atoms with E-state index in [2.05, 4.69) is 4.98 Å². The van der Waals surface area contributed by atoms with Crippen LogP contribution in [0.1, 0.15) is 22.3 Å². The highest BCUT2D eigenvalue weighted by Crippen LogP contribution is 2.28. The monoisotopic (exact) mass is 525 g/mol. The molecule has 10 heteroatoms. The molecule has 0 spiro atoms. The van der Waals surface area contributed by atoms with E-state index in [-0.39, 0.29) is 17.9 Å². The zero-order valence-corrected chi connectivity index (χ0v) is 20.9. The number of halogens is 2. The van der Waals surface area contributed by atoms with Gasteiger partial charge in [-0.3, -0.25) is 14.9 Å². The molecule has 0 saturated heterocycles. The van der Waals surface area contributed by atoms with Gasteiger partial charge in [0.1, 0.15) is 12.4 Å². The number of ether oxygens (including phenoxy) is 1. The fraction of sp³-hybridized carbons (Fsp3) is 0.120. The molecule has 5 aromatic rings. The van der Waals surface area contributed by atoms with E-state index in [1.165, 1.54) is 29.5 Å². The van der Waals surface area contributed by atoms with Crippen LogP contribution in [0.5, 0.6) is 5.75 Å². The van der Waals surface area contributed by atoms with Crippen LogP contribution >= 0.6 is 34.5 Å². The van der Waals surface area contributed by atoms with Crippen LogP contribution < -0.4 is 14.8 Å². The summed E-state index contributed by atoms with van der Waals surface area (Å²) in [6.07, 6.45) is 1.60. The molecule has 0 radical (unpaired) electrons. The number of non-ortho nitro benzene ring substituents is 1. The van der Waals surface area contributed by atoms with Gasteiger partial charge in [-0.2, -0.15) is 0 Å². The maximum absolute atomic E-state index is 13.3. The molecule has 0 amide bonds. The number of imidazole rings is 1. The fourth-order valence-electron chi connectivity index (χ4n) is 3.94. The van der Waals surface area contributed by atoms with Crippen molar-refractivity contribution in [2.75, 3.05) is 0 Å². The molecule has 2 heterocycles. The Bertz CT molecular complexity index is 1760. The van der Waals surface area contributed by atoms with Crippen molar-refractivity contribution in [1.29, 1.82) is 0 Å². The minimum Gasteiger partial charge on any atom is -0.488 e. The second-order valence-electron chi connectivity index (χ2n) is 8.10.